The van der Waals surface area contributed by atoms with Gasteiger partial charge in [0.25, 0.3) is 0 Å². The number of likely N-dealkylation sites (tertiary alicyclic amines) is 1. The zero-order valence-electron chi connectivity index (χ0n) is 12.1. The number of hydrogen-bond donors (Lipinski definition) is 2. The molecule has 1 aromatic rings. The zero-order chi connectivity index (χ0) is 15.6. The van der Waals surface area contributed by atoms with E-state index < -0.39 is 17.3 Å². The van der Waals surface area contributed by atoms with Gasteiger partial charge in [0, 0.05) is 18.3 Å². The maximum Gasteiger partial charge on any atom is 0.338 e. The molecule has 0 spiro atoms. The first-order chi connectivity index (χ1) is 9.88. The van der Waals surface area contributed by atoms with Gasteiger partial charge in [0.05, 0.1) is 5.56 Å². The highest BCUT2D eigenvalue weighted by Crippen LogP contribution is 2.22. The van der Waals surface area contributed by atoms with E-state index in [4.69, 9.17) is 5.11 Å². The topological polar surface area (TPSA) is 69.6 Å². The summed E-state index contributed by atoms with van der Waals surface area (Å²) in [5.41, 5.74) is -0.152. The van der Waals surface area contributed by atoms with Crippen molar-refractivity contribution in [3.05, 3.63) is 29.6 Å². The number of carbonyl (C=O) groups excluding carboxylic acids is 1. The number of anilines is 1. The van der Waals surface area contributed by atoms with Crippen LogP contribution in [0.3, 0.4) is 0 Å². The van der Waals surface area contributed by atoms with Gasteiger partial charge in [-0.3, -0.25) is 0 Å². The lowest BCUT2D eigenvalue weighted by Gasteiger charge is -2.36. The number of carboxylic acids is 1. The Kier molecular flexibility index (Phi) is 4.45. The van der Waals surface area contributed by atoms with Crippen LogP contribution in [0.2, 0.25) is 0 Å². The van der Waals surface area contributed by atoms with E-state index in [0.717, 1.165) is 25.0 Å². The van der Waals surface area contributed by atoms with Crippen LogP contribution in [0.5, 0.6) is 0 Å². The zero-order valence-corrected chi connectivity index (χ0v) is 12.1. The van der Waals surface area contributed by atoms with E-state index in [-0.39, 0.29) is 17.8 Å². The van der Waals surface area contributed by atoms with Gasteiger partial charge in [-0.2, -0.15) is 0 Å². The third-order valence-electron chi connectivity index (χ3n) is 3.83. The molecule has 2 rings (SSSR count). The molecule has 21 heavy (non-hydrogen) atoms. The quantitative estimate of drug-likeness (QED) is 0.880. The highest BCUT2D eigenvalue weighted by atomic mass is 19.1. The van der Waals surface area contributed by atoms with Gasteiger partial charge < -0.3 is 15.3 Å². The lowest BCUT2D eigenvalue weighted by molar-refractivity contribution is 0.0692. The van der Waals surface area contributed by atoms with E-state index in [9.17, 15) is 14.0 Å². The number of amides is 2. The number of nitrogens with one attached hydrogen (secondary N) is 1. The predicted molar refractivity (Wildman–Crippen MR) is 76.9 cm³/mol. The van der Waals surface area contributed by atoms with Gasteiger partial charge >= 0.3 is 12.0 Å². The second-order valence-corrected chi connectivity index (χ2v) is 5.61. The molecule has 0 saturated carbocycles. The van der Waals surface area contributed by atoms with E-state index >= 15 is 0 Å². The Morgan fingerprint density at radius 1 is 1.33 bits per heavy atom. The normalized spacial score (nSPS) is 22.0. The molecular weight excluding hydrogens is 275 g/mol. The maximum atomic E-state index is 13.6. The van der Waals surface area contributed by atoms with Crippen LogP contribution < -0.4 is 5.32 Å². The average Bonchev–Trinajstić information content (AvgIpc) is 2.41. The van der Waals surface area contributed by atoms with Gasteiger partial charge in [0.1, 0.15) is 5.82 Å². The Hall–Kier alpha value is -2.11. The third kappa shape index (κ3) is 3.51. The summed E-state index contributed by atoms with van der Waals surface area (Å²) in [6.45, 7) is 4.75. The van der Waals surface area contributed by atoms with Crippen molar-refractivity contribution < 1.29 is 19.1 Å². The molecule has 1 saturated heterocycles. The molecule has 6 heteroatoms. The fourth-order valence-electron chi connectivity index (χ4n) is 2.53. The molecule has 0 bridgehead atoms. The standard InChI is InChI=1S/C15H19FN2O3/c1-9-3-4-10(2)18(8-9)15(21)17-11-5-6-12(14(19)20)13(16)7-11/h5-7,9-10H,3-4,8H2,1-2H3,(H,17,21)(H,19,20). The molecule has 1 heterocycles. The van der Waals surface area contributed by atoms with Gasteiger partial charge in [0.2, 0.25) is 0 Å². The number of carbonyl (C=O) groups is 2. The maximum absolute atomic E-state index is 13.6. The van der Waals surface area contributed by atoms with Crippen molar-refractivity contribution in [2.75, 3.05) is 11.9 Å². The Bertz CT molecular complexity index is 562. The minimum absolute atomic E-state index is 0.143. The Balaban J connectivity index is 2.09. The molecule has 2 atom stereocenters. The molecule has 2 unspecified atom stereocenters. The summed E-state index contributed by atoms with van der Waals surface area (Å²) in [6, 6.07) is 3.43. The summed E-state index contributed by atoms with van der Waals surface area (Å²) in [7, 11) is 0. The SMILES string of the molecule is CC1CCC(C)N(C(=O)Nc2ccc(C(=O)O)c(F)c2)C1. The minimum Gasteiger partial charge on any atom is -0.478 e. The van der Waals surface area contributed by atoms with Gasteiger partial charge in [0.15, 0.2) is 0 Å². The van der Waals surface area contributed by atoms with Gasteiger partial charge in [-0.15, -0.1) is 0 Å². The molecular formula is C15H19FN2O3. The van der Waals surface area contributed by atoms with Crippen molar-refractivity contribution in [1.29, 1.82) is 0 Å². The molecule has 1 aromatic carbocycles. The summed E-state index contributed by atoms with van der Waals surface area (Å²) >= 11 is 0. The summed E-state index contributed by atoms with van der Waals surface area (Å²) in [5, 5.41) is 11.4. The number of nitrogens with zero attached hydrogens (tertiary/aromatic N) is 1. The number of urea groups is 1. The summed E-state index contributed by atoms with van der Waals surface area (Å²) < 4.78 is 13.6. The van der Waals surface area contributed by atoms with Crippen molar-refractivity contribution in [3.8, 4) is 0 Å². The Morgan fingerprint density at radius 3 is 2.67 bits per heavy atom. The number of hydrogen-bond acceptors (Lipinski definition) is 2. The highest BCUT2D eigenvalue weighted by molar-refractivity contribution is 5.92. The molecule has 2 N–H and O–H groups in total. The average molecular weight is 294 g/mol. The Labute approximate surface area is 122 Å². The number of halogens is 1. The van der Waals surface area contributed by atoms with Crippen LogP contribution in [-0.2, 0) is 0 Å². The second kappa shape index (κ2) is 6.11. The molecule has 1 aliphatic heterocycles. The van der Waals surface area contributed by atoms with Crippen molar-refractivity contribution in [2.24, 2.45) is 5.92 Å². The number of piperidine rings is 1. The van der Waals surface area contributed by atoms with Crippen LogP contribution in [-0.4, -0.2) is 34.6 Å². The molecule has 0 aromatic heterocycles. The first kappa shape index (κ1) is 15.3. The number of carboxylic acid groups (broad SMARTS) is 1. The highest BCUT2D eigenvalue weighted by Gasteiger charge is 2.27. The summed E-state index contributed by atoms with van der Waals surface area (Å²) in [5.74, 6) is -1.75. The molecule has 0 radical (unpaired) electrons. The monoisotopic (exact) mass is 294 g/mol. The number of benzene rings is 1. The van der Waals surface area contributed by atoms with Crippen LogP contribution in [0.15, 0.2) is 18.2 Å². The first-order valence-corrected chi connectivity index (χ1v) is 6.99. The largest absolute Gasteiger partial charge is 0.478 e. The fraction of sp³-hybridized carbons (Fsp3) is 0.467. The lowest BCUT2D eigenvalue weighted by atomic mass is 9.95. The third-order valence-corrected chi connectivity index (χ3v) is 3.83. The van der Waals surface area contributed by atoms with Crippen LogP contribution in [0.25, 0.3) is 0 Å². The van der Waals surface area contributed by atoms with Crippen LogP contribution in [0.1, 0.15) is 37.0 Å². The van der Waals surface area contributed by atoms with E-state index in [2.05, 4.69) is 12.2 Å². The fourth-order valence-corrected chi connectivity index (χ4v) is 2.53. The summed E-state index contributed by atoms with van der Waals surface area (Å²) in [4.78, 5) is 24.7. The predicted octanol–water partition coefficient (Wildman–Crippen LogP) is 3.18. The lowest BCUT2D eigenvalue weighted by Crippen LogP contribution is -2.46. The van der Waals surface area contributed by atoms with Gasteiger partial charge in [-0.25, -0.2) is 14.0 Å². The van der Waals surface area contributed by atoms with Crippen molar-refractivity contribution in [1.82, 2.24) is 4.90 Å². The van der Waals surface area contributed by atoms with E-state index in [1.165, 1.54) is 6.07 Å². The van der Waals surface area contributed by atoms with E-state index in [1.807, 2.05) is 6.92 Å². The first-order valence-electron chi connectivity index (χ1n) is 6.99. The molecule has 5 nitrogen and oxygen atoms in total. The molecule has 1 aliphatic rings. The number of rotatable bonds is 2. The van der Waals surface area contributed by atoms with Gasteiger partial charge in [-0.05, 0) is 43.9 Å². The molecule has 114 valence electrons. The second-order valence-electron chi connectivity index (χ2n) is 5.61. The minimum atomic E-state index is -1.33. The van der Waals surface area contributed by atoms with E-state index in [1.54, 1.807) is 4.90 Å². The van der Waals surface area contributed by atoms with E-state index in [0.29, 0.717) is 12.5 Å². The number of aromatic carboxylic acids is 1. The molecule has 2 amide bonds. The molecule has 0 aliphatic carbocycles. The van der Waals surface area contributed by atoms with Crippen molar-refractivity contribution >= 4 is 17.7 Å². The van der Waals surface area contributed by atoms with Crippen molar-refractivity contribution in [2.45, 2.75) is 32.7 Å². The Morgan fingerprint density at radius 2 is 2.05 bits per heavy atom. The smallest absolute Gasteiger partial charge is 0.338 e. The molecule has 1 fully saturated rings. The van der Waals surface area contributed by atoms with Crippen LogP contribution in [0, 0.1) is 11.7 Å². The van der Waals surface area contributed by atoms with Crippen LogP contribution in [0.4, 0.5) is 14.9 Å². The van der Waals surface area contributed by atoms with Gasteiger partial charge in [-0.1, -0.05) is 6.92 Å². The summed E-state index contributed by atoms with van der Waals surface area (Å²) in [6.07, 6.45) is 2.04. The van der Waals surface area contributed by atoms with Crippen molar-refractivity contribution in [3.63, 3.8) is 0 Å². The van der Waals surface area contributed by atoms with Crippen LogP contribution >= 0.6 is 0 Å².